The maximum atomic E-state index is 12.9. The van der Waals surface area contributed by atoms with Gasteiger partial charge in [-0.05, 0) is 42.4 Å². The second-order valence-corrected chi connectivity index (χ2v) is 6.76. The Kier molecular flexibility index (Phi) is 6.06. The maximum Gasteiger partial charge on any atom is 0.272 e. The van der Waals surface area contributed by atoms with E-state index in [2.05, 4.69) is 10.3 Å². The molecule has 2 aromatic carbocycles. The lowest BCUT2D eigenvalue weighted by Crippen LogP contribution is -2.36. The second kappa shape index (κ2) is 8.67. The molecule has 2 N–H and O–H groups in total. The fourth-order valence-electron chi connectivity index (χ4n) is 2.98. The van der Waals surface area contributed by atoms with Crippen molar-refractivity contribution in [1.29, 1.82) is 0 Å². The normalized spacial score (nSPS) is 10.5. The van der Waals surface area contributed by atoms with Crippen molar-refractivity contribution in [2.75, 3.05) is 18.9 Å². The predicted molar refractivity (Wildman–Crippen MR) is 112 cm³/mol. The van der Waals surface area contributed by atoms with Crippen LogP contribution in [0.3, 0.4) is 0 Å². The highest BCUT2D eigenvalue weighted by molar-refractivity contribution is 7.71. The minimum absolute atomic E-state index is 0.0659. The van der Waals surface area contributed by atoms with Crippen LogP contribution in [-0.4, -0.2) is 39.9 Å². The van der Waals surface area contributed by atoms with Gasteiger partial charge < -0.3 is 15.2 Å². The lowest BCUT2D eigenvalue weighted by Gasteiger charge is -2.18. The van der Waals surface area contributed by atoms with Gasteiger partial charge in [0, 0.05) is 24.6 Å². The van der Waals surface area contributed by atoms with Crippen molar-refractivity contribution in [3.05, 3.63) is 76.8 Å². The number of carbonyl (C=O) groups excluding carboxylic acids is 2. The number of likely N-dealkylation sites (N-methyl/N-ethyl adjacent to an activating group) is 1. The van der Waals surface area contributed by atoms with E-state index in [-0.39, 0.29) is 18.4 Å². The van der Waals surface area contributed by atoms with Crippen LogP contribution in [0.5, 0.6) is 0 Å². The number of imidazole rings is 1. The van der Waals surface area contributed by atoms with Crippen molar-refractivity contribution in [3.63, 3.8) is 0 Å². The van der Waals surface area contributed by atoms with Crippen molar-refractivity contribution in [1.82, 2.24) is 14.5 Å². The van der Waals surface area contributed by atoms with Gasteiger partial charge in [0.2, 0.25) is 5.91 Å². The van der Waals surface area contributed by atoms with Crippen LogP contribution in [0.4, 0.5) is 5.69 Å². The molecule has 3 rings (SSSR count). The van der Waals surface area contributed by atoms with E-state index in [1.165, 1.54) is 4.90 Å². The van der Waals surface area contributed by atoms with Crippen LogP contribution in [0.1, 0.15) is 23.0 Å². The molecule has 0 unspecified atom stereocenters. The fraction of sp³-hybridized carbons (Fsp3) is 0.190. The second-order valence-electron chi connectivity index (χ2n) is 6.37. The van der Waals surface area contributed by atoms with Gasteiger partial charge in [-0.1, -0.05) is 43.3 Å². The summed E-state index contributed by atoms with van der Waals surface area (Å²) in [5, 5.41) is 2.88. The number of H-pyrrole nitrogens is 1. The number of para-hydroxylation sites is 2. The SMILES string of the molecule is CCc1ccccc1NC(=O)CN(C)C(=O)c1c[nH]c(=S)n1-c1ccccc1. The molecule has 0 fully saturated rings. The molecule has 0 bridgehead atoms. The zero-order chi connectivity index (χ0) is 20.1. The summed E-state index contributed by atoms with van der Waals surface area (Å²) in [6.07, 6.45) is 2.38. The Bertz CT molecular complexity index is 1040. The van der Waals surface area contributed by atoms with Gasteiger partial charge >= 0.3 is 0 Å². The Labute approximate surface area is 168 Å². The molecule has 28 heavy (non-hydrogen) atoms. The van der Waals surface area contributed by atoms with Gasteiger partial charge in [-0.2, -0.15) is 0 Å². The average molecular weight is 394 g/mol. The summed E-state index contributed by atoms with van der Waals surface area (Å²) in [5.74, 6) is -0.549. The summed E-state index contributed by atoms with van der Waals surface area (Å²) in [7, 11) is 1.60. The Hall–Kier alpha value is -3.19. The number of aromatic amines is 1. The van der Waals surface area contributed by atoms with Crippen molar-refractivity contribution in [3.8, 4) is 5.69 Å². The van der Waals surface area contributed by atoms with Gasteiger partial charge in [-0.25, -0.2) is 0 Å². The van der Waals surface area contributed by atoms with Gasteiger partial charge in [-0.3, -0.25) is 14.2 Å². The first-order chi connectivity index (χ1) is 13.5. The van der Waals surface area contributed by atoms with Crippen LogP contribution in [0.25, 0.3) is 5.69 Å². The molecule has 1 heterocycles. The highest BCUT2D eigenvalue weighted by atomic mass is 32.1. The van der Waals surface area contributed by atoms with Crippen LogP contribution in [0, 0.1) is 4.77 Å². The molecule has 0 radical (unpaired) electrons. The summed E-state index contributed by atoms with van der Waals surface area (Å²) in [4.78, 5) is 29.7. The summed E-state index contributed by atoms with van der Waals surface area (Å²) < 4.78 is 2.09. The minimum Gasteiger partial charge on any atom is -0.336 e. The molecular formula is C21H22N4O2S. The number of benzene rings is 2. The number of hydrogen-bond donors (Lipinski definition) is 2. The molecule has 1 aromatic heterocycles. The number of rotatable bonds is 6. The van der Waals surface area contributed by atoms with E-state index >= 15 is 0 Å². The zero-order valence-electron chi connectivity index (χ0n) is 15.8. The summed E-state index contributed by atoms with van der Waals surface area (Å²) in [5.41, 5.74) is 2.98. The van der Waals surface area contributed by atoms with Crippen molar-refractivity contribution in [2.24, 2.45) is 0 Å². The van der Waals surface area contributed by atoms with E-state index in [4.69, 9.17) is 12.2 Å². The molecule has 2 amide bonds. The number of nitrogens with one attached hydrogen (secondary N) is 2. The number of carbonyl (C=O) groups is 2. The third-order valence-corrected chi connectivity index (χ3v) is 4.71. The first-order valence-corrected chi connectivity index (χ1v) is 9.41. The Morgan fingerprint density at radius 3 is 2.50 bits per heavy atom. The molecule has 0 saturated heterocycles. The number of nitrogens with zero attached hydrogens (tertiary/aromatic N) is 2. The third-order valence-electron chi connectivity index (χ3n) is 4.41. The quantitative estimate of drug-likeness (QED) is 0.625. The van der Waals surface area contributed by atoms with Crippen molar-refractivity contribution in [2.45, 2.75) is 13.3 Å². The smallest absolute Gasteiger partial charge is 0.272 e. The summed E-state index contributed by atoms with van der Waals surface area (Å²) in [6, 6.07) is 17.0. The van der Waals surface area contributed by atoms with Gasteiger partial charge in [-0.15, -0.1) is 0 Å². The molecule has 0 aliphatic heterocycles. The first kappa shape index (κ1) is 19.6. The molecule has 0 atom stereocenters. The average Bonchev–Trinajstić information content (AvgIpc) is 3.09. The zero-order valence-corrected chi connectivity index (χ0v) is 16.6. The largest absolute Gasteiger partial charge is 0.336 e. The third kappa shape index (κ3) is 4.20. The fourth-order valence-corrected chi connectivity index (χ4v) is 3.25. The van der Waals surface area contributed by atoms with Crippen molar-refractivity contribution >= 4 is 29.7 Å². The monoisotopic (exact) mass is 394 g/mol. The number of hydrogen-bond acceptors (Lipinski definition) is 3. The molecule has 0 spiro atoms. The number of aromatic nitrogens is 2. The highest BCUT2D eigenvalue weighted by Gasteiger charge is 2.20. The first-order valence-electron chi connectivity index (χ1n) is 9.00. The topological polar surface area (TPSA) is 70.1 Å². The van der Waals surface area contributed by atoms with Gasteiger partial charge in [0.25, 0.3) is 5.91 Å². The van der Waals surface area contributed by atoms with Gasteiger partial charge in [0.1, 0.15) is 5.69 Å². The number of anilines is 1. The van der Waals surface area contributed by atoms with E-state index in [1.807, 2.05) is 61.5 Å². The minimum atomic E-state index is -0.296. The molecular weight excluding hydrogens is 372 g/mol. The molecule has 144 valence electrons. The molecule has 0 aliphatic rings. The van der Waals surface area contributed by atoms with E-state index in [0.717, 1.165) is 23.4 Å². The highest BCUT2D eigenvalue weighted by Crippen LogP contribution is 2.16. The van der Waals surface area contributed by atoms with Gasteiger partial charge in [0.05, 0.1) is 6.54 Å². The lowest BCUT2D eigenvalue weighted by atomic mass is 10.1. The van der Waals surface area contributed by atoms with E-state index < -0.39 is 0 Å². The Balaban J connectivity index is 1.75. The summed E-state index contributed by atoms with van der Waals surface area (Å²) >= 11 is 5.32. The van der Waals surface area contributed by atoms with Crippen molar-refractivity contribution < 1.29 is 9.59 Å². The van der Waals surface area contributed by atoms with Crippen LogP contribution in [-0.2, 0) is 11.2 Å². The van der Waals surface area contributed by atoms with E-state index in [9.17, 15) is 9.59 Å². The molecule has 3 aromatic rings. The number of aryl methyl sites for hydroxylation is 1. The molecule has 7 heteroatoms. The molecule has 0 saturated carbocycles. The predicted octanol–water partition coefficient (Wildman–Crippen LogP) is 3.81. The van der Waals surface area contributed by atoms with E-state index in [1.54, 1.807) is 17.8 Å². The van der Waals surface area contributed by atoms with Crippen LogP contribution in [0.2, 0.25) is 0 Å². The summed E-state index contributed by atoms with van der Waals surface area (Å²) in [6.45, 7) is 1.96. The maximum absolute atomic E-state index is 12.9. The number of amides is 2. The molecule has 6 nitrogen and oxygen atoms in total. The standard InChI is InChI=1S/C21H22N4O2S/c1-3-15-9-7-8-12-17(15)23-19(26)14-24(2)20(27)18-13-22-21(28)25(18)16-10-5-4-6-11-16/h4-13H,3,14H2,1-2H3,(H,22,28)(H,23,26). The van der Waals surface area contributed by atoms with Crippen LogP contribution < -0.4 is 5.32 Å². The van der Waals surface area contributed by atoms with Crippen LogP contribution >= 0.6 is 12.2 Å². The van der Waals surface area contributed by atoms with E-state index in [0.29, 0.717) is 10.5 Å². The van der Waals surface area contributed by atoms with Gasteiger partial charge in [0.15, 0.2) is 4.77 Å². The van der Waals surface area contributed by atoms with Crippen LogP contribution in [0.15, 0.2) is 60.8 Å². The lowest BCUT2D eigenvalue weighted by molar-refractivity contribution is -0.116. The Morgan fingerprint density at radius 1 is 1.11 bits per heavy atom. The molecule has 0 aliphatic carbocycles. The Morgan fingerprint density at radius 2 is 1.79 bits per heavy atom.